The molecule has 1 aliphatic heterocycles. The van der Waals surface area contributed by atoms with Gasteiger partial charge in [0.1, 0.15) is 11.0 Å². The summed E-state index contributed by atoms with van der Waals surface area (Å²) < 4.78 is 0. The smallest absolute Gasteiger partial charge is 0.223 e. The summed E-state index contributed by atoms with van der Waals surface area (Å²) in [6.45, 7) is 5.79. The van der Waals surface area contributed by atoms with Crippen LogP contribution in [0.5, 0.6) is 0 Å². The van der Waals surface area contributed by atoms with Crippen LogP contribution in [0.15, 0.2) is 60.7 Å². The Kier molecular flexibility index (Phi) is 6.12. The predicted molar refractivity (Wildman–Crippen MR) is 119 cm³/mol. The third-order valence-electron chi connectivity index (χ3n) is 5.18. The molecule has 29 heavy (non-hydrogen) atoms. The summed E-state index contributed by atoms with van der Waals surface area (Å²) in [5.41, 5.74) is 9.55. The number of halogens is 1. The minimum atomic E-state index is 0.171. The molecule has 0 saturated carbocycles. The maximum atomic E-state index is 5.97. The number of piperazine rings is 1. The number of nitrogens with one attached hydrogen (secondary N) is 1. The number of rotatable bonds is 6. The molecule has 1 saturated heterocycles. The van der Waals surface area contributed by atoms with E-state index in [-0.39, 0.29) is 5.95 Å². The van der Waals surface area contributed by atoms with Crippen molar-refractivity contribution in [3.63, 3.8) is 0 Å². The summed E-state index contributed by atoms with van der Waals surface area (Å²) in [5, 5.41) is 3.64. The van der Waals surface area contributed by atoms with E-state index in [1.165, 1.54) is 16.8 Å². The molecule has 150 valence electrons. The number of nitrogen functional groups attached to an aromatic ring is 1. The first-order chi connectivity index (χ1) is 14.2. The van der Waals surface area contributed by atoms with Crippen LogP contribution in [0.3, 0.4) is 0 Å². The number of nitrogens with two attached hydrogens (primary N) is 1. The molecule has 0 spiro atoms. The van der Waals surface area contributed by atoms with Crippen molar-refractivity contribution < 1.29 is 0 Å². The molecule has 0 amide bonds. The molecule has 1 aliphatic rings. The molecule has 0 unspecified atom stereocenters. The maximum absolute atomic E-state index is 5.97. The van der Waals surface area contributed by atoms with Crippen molar-refractivity contribution in [1.29, 1.82) is 0 Å². The Morgan fingerprint density at radius 1 is 0.897 bits per heavy atom. The fourth-order valence-electron chi connectivity index (χ4n) is 3.64. The Hall–Kier alpha value is -2.83. The number of benzene rings is 2. The molecule has 7 heteroatoms. The lowest BCUT2D eigenvalue weighted by Gasteiger charge is -2.36. The van der Waals surface area contributed by atoms with E-state index in [4.69, 9.17) is 17.3 Å². The fourth-order valence-corrected chi connectivity index (χ4v) is 3.83. The van der Waals surface area contributed by atoms with Gasteiger partial charge in [-0.1, -0.05) is 54.1 Å². The highest BCUT2D eigenvalue weighted by Crippen LogP contribution is 2.19. The molecule has 3 N–H and O–H groups in total. The number of anilines is 3. The second-order valence-corrected chi connectivity index (χ2v) is 7.54. The third-order valence-corrected chi connectivity index (χ3v) is 5.37. The van der Waals surface area contributed by atoms with Gasteiger partial charge in [0.15, 0.2) is 0 Å². The first kappa shape index (κ1) is 19.5. The summed E-state index contributed by atoms with van der Waals surface area (Å²) in [6.07, 6.45) is 0. The Bertz CT molecular complexity index is 921. The molecule has 0 aliphatic carbocycles. The summed E-state index contributed by atoms with van der Waals surface area (Å²) in [5.74, 6) is 0.804. The molecule has 1 aromatic heterocycles. The van der Waals surface area contributed by atoms with Gasteiger partial charge in [-0.05, 0) is 23.3 Å². The Balaban J connectivity index is 1.36. The minimum Gasteiger partial charge on any atom is -0.369 e. The van der Waals surface area contributed by atoms with Gasteiger partial charge in [0.25, 0.3) is 0 Å². The van der Waals surface area contributed by atoms with Crippen molar-refractivity contribution in [3.8, 4) is 0 Å². The van der Waals surface area contributed by atoms with Gasteiger partial charge in [-0.25, -0.2) is 4.98 Å². The van der Waals surface area contributed by atoms with Crippen molar-refractivity contribution >= 4 is 29.1 Å². The number of hydrogen-bond donors (Lipinski definition) is 2. The van der Waals surface area contributed by atoms with Crippen molar-refractivity contribution in [3.05, 3.63) is 76.9 Å². The Morgan fingerprint density at radius 2 is 1.59 bits per heavy atom. The standard InChI is InChI=1S/C22H25ClN6/c23-20-14-21(27-22(24)26-20)25-15-17-6-4-5-7-18(17)16-28-10-12-29(13-11-28)19-8-2-1-3-9-19/h1-9,14H,10-13,15-16H2,(H3,24,25,26,27). The first-order valence-corrected chi connectivity index (χ1v) is 10.2. The van der Waals surface area contributed by atoms with E-state index in [0.717, 1.165) is 32.7 Å². The van der Waals surface area contributed by atoms with Gasteiger partial charge in [0.05, 0.1) is 0 Å². The highest BCUT2D eigenvalue weighted by molar-refractivity contribution is 6.29. The van der Waals surface area contributed by atoms with Crippen molar-refractivity contribution in [2.45, 2.75) is 13.1 Å². The quantitative estimate of drug-likeness (QED) is 0.607. The zero-order valence-electron chi connectivity index (χ0n) is 16.3. The van der Waals surface area contributed by atoms with Gasteiger partial charge in [0.2, 0.25) is 5.95 Å². The second-order valence-electron chi connectivity index (χ2n) is 7.16. The second kappa shape index (κ2) is 9.11. The fraction of sp³-hybridized carbons (Fsp3) is 0.273. The molecule has 2 aromatic carbocycles. The lowest BCUT2D eigenvalue weighted by molar-refractivity contribution is 0.249. The monoisotopic (exact) mass is 408 g/mol. The first-order valence-electron chi connectivity index (χ1n) is 9.80. The number of hydrogen-bond acceptors (Lipinski definition) is 6. The third kappa shape index (κ3) is 5.16. The van der Waals surface area contributed by atoms with E-state index in [1.54, 1.807) is 6.07 Å². The molecular weight excluding hydrogens is 384 g/mol. The number of para-hydroxylation sites is 1. The van der Waals surface area contributed by atoms with Crippen LogP contribution in [-0.4, -0.2) is 41.0 Å². The topological polar surface area (TPSA) is 70.3 Å². The molecule has 1 fully saturated rings. The Morgan fingerprint density at radius 3 is 2.31 bits per heavy atom. The zero-order chi connectivity index (χ0) is 20.1. The van der Waals surface area contributed by atoms with Gasteiger partial charge in [-0.3, -0.25) is 4.90 Å². The molecule has 3 aromatic rings. The van der Waals surface area contributed by atoms with Crippen molar-refractivity contribution in [1.82, 2.24) is 14.9 Å². The van der Waals surface area contributed by atoms with Crippen LogP contribution in [0.4, 0.5) is 17.5 Å². The molecule has 2 heterocycles. The molecule has 6 nitrogen and oxygen atoms in total. The van der Waals surface area contributed by atoms with Crippen LogP contribution in [0, 0.1) is 0 Å². The highest BCUT2D eigenvalue weighted by Gasteiger charge is 2.18. The summed E-state index contributed by atoms with van der Waals surface area (Å²) in [7, 11) is 0. The predicted octanol–water partition coefficient (Wildman–Crippen LogP) is 3.65. The van der Waals surface area contributed by atoms with Crippen LogP contribution < -0.4 is 16.0 Å². The van der Waals surface area contributed by atoms with E-state index in [0.29, 0.717) is 17.5 Å². The summed E-state index contributed by atoms with van der Waals surface area (Å²) in [4.78, 5) is 13.0. The average molecular weight is 409 g/mol. The van der Waals surface area contributed by atoms with Gasteiger partial charge in [0, 0.05) is 51.0 Å². The van der Waals surface area contributed by atoms with Crippen LogP contribution >= 0.6 is 11.6 Å². The average Bonchev–Trinajstić information content (AvgIpc) is 2.74. The molecule has 0 radical (unpaired) electrons. The summed E-state index contributed by atoms with van der Waals surface area (Å²) >= 11 is 5.97. The van der Waals surface area contributed by atoms with Crippen LogP contribution in [0.2, 0.25) is 5.15 Å². The van der Waals surface area contributed by atoms with Gasteiger partial charge in [-0.2, -0.15) is 4.98 Å². The van der Waals surface area contributed by atoms with E-state index < -0.39 is 0 Å². The molecule has 4 rings (SSSR count). The molecule has 0 bridgehead atoms. The van der Waals surface area contributed by atoms with Crippen molar-refractivity contribution in [2.75, 3.05) is 42.1 Å². The number of nitrogens with zero attached hydrogens (tertiary/aromatic N) is 4. The van der Waals surface area contributed by atoms with Crippen LogP contribution in [-0.2, 0) is 13.1 Å². The molecular formula is C22H25ClN6. The van der Waals surface area contributed by atoms with Crippen molar-refractivity contribution in [2.24, 2.45) is 0 Å². The van der Waals surface area contributed by atoms with Crippen LogP contribution in [0.1, 0.15) is 11.1 Å². The Labute approximate surface area is 176 Å². The lowest BCUT2D eigenvalue weighted by Crippen LogP contribution is -2.46. The van der Waals surface area contributed by atoms with Crippen LogP contribution in [0.25, 0.3) is 0 Å². The summed E-state index contributed by atoms with van der Waals surface area (Å²) in [6, 6.07) is 20.8. The highest BCUT2D eigenvalue weighted by atomic mass is 35.5. The van der Waals surface area contributed by atoms with E-state index in [1.807, 2.05) is 0 Å². The SMILES string of the molecule is Nc1nc(Cl)cc(NCc2ccccc2CN2CCN(c3ccccc3)CC2)n1. The van der Waals surface area contributed by atoms with Gasteiger partial charge < -0.3 is 16.0 Å². The maximum Gasteiger partial charge on any atom is 0.223 e. The zero-order valence-corrected chi connectivity index (χ0v) is 17.0. The molecule has 0 atom stereocenters. The number of aromatic nitrogens is 2. The minimum absolute atomic E-state index is 0.171. The largest absolute Gasteiger partial charge is 0.369 e. The van der Waals surface area contributed by atoms with Gasteiger partial charge >= 0.3 is 0 Å². The normalized spacial score (nSPS) is 14.7. The van der Waals surface area contributed by atoms with E-state index in [9.17, 15) is 0 Å². The van der Waals surface area contributed by atoms with Gasteiger partial charge in [-0.15, -0.1) is 0 Å². The lowest BCUT2D eigenvalue weighted by atomic mass is 10.1. The van der Waals surface area contributed by atoms with E-state index >= 15 is 0 Å². The van der Waals surface area contributed by atoms with E-state index in [2.05, 4.69) is 79.7 Å².